The van der Waals surface area contributed by atoms with Crippen LogP contribution >= 0.6 is 11.3 Å². The Morgan fingerprint density at radius 2 is 2.14 bits per heavy atom. The molecule has 0 spiro atoms. The Morgan fingerprint density at radius 3 is 2.71 bits per heavy atom. The molecule has 1 aliphatic carbocycles. The van der Waals surface area contributed by atoms with Gasteiger partial charge in [-0.2, -0.15) is 0 Å². The Balaban J connectivity index is 1.73. The molecule has 2 fully saturated rings. The average molecular weight is 330 g/mol. The number of hydrogen-bond acceptors (Lipinski definition) is 7. The van der Waals surface area contributed by atoms with Crippen LogP contribution in [0.5, 0.6) is 0 Å². The number of carbonyl (C=O) groups is 1. The van der Waals surface area contributed by atoms with Gasteiger partial charge in [0.15, 0.2) is 15.0 Å². The summed E-state index contributed by atoms with van der Waals surface area (Å²) >= 11 is 1.24. The van der Waals surface area contributed by atoms with Crippen molar-refractivity contribution in [2.45, 2.75) is 31.3 Å². The summed E-state index contributed by atoms with van der Waals surface area (Å²) in [6.07, 6.45) is 2.71. The molecule has 1 aromatic heterocycles. The maximum atomic E-state index is 12.5. The summed E-state index contributed by atoms with van der Waals surface area (Å²) in [5, 5.41) is 3.87. The zero-order valence-electron chi connectivity index (χ0n) is 11.7. The van der Waals surface area contributed by atoms with Crippen LogP contribution in [0.3, 0.4) is 0 Å². The molecule has 1 atom stereocenters. The van der Waals surface area contributed by atoms with Crippen LogP contribution in [-0.4, -0.2) is 54.8 Å². The van der Waals surface area contributed by atoms with Crippen molar-refractivity contribution in [2.24, 2.45) is 0 Å². The van der Waals surface area contributed by atoms with Crippen molar-refractivity contribution >= 4 is 38.0 Å². The molecule has 21 heavy (non-hydrogen) atoms. The molecule has 116 valence electrons. The number of aromatic nitrogens is 1. The van der Waals surface area contributed by atoms with Crippen molar-refractivity contribution < 1.29 is 13.2 Å². The molecule has 1 aliphatic heterocycles. The molecule has 9 heteroatoms. The van der Waals surface area contributed by atoms with Gasteiger partial charge in [0.05, 0.1) is 11.5 Å². The SMILES string of the molecule is CN(C(=O)c1sc(NC2CC2)nc1N)C1CCS(=O)(=O)C1. The van der Waals surface area contributed by atoms with Gasteiger partial charge in [0.2, 0.25) is 0 Å². The lowest BCUT2D eigenvalue weighted by atomic mass is 10.2. The topological polar surface area (TPSA) is 105 Å². The lowest BCUT2D eigenvalue weighted by Gasteiger charge is -2.22. The van der Waals surface area contributed by atoms with Crippen LogP contribution in [0.4, 0.5) is 10.9 Å². The maximum absolute atomic E-state index is 12.5. The molecule has 0 radical (unpaired) electrons. The second kappa shape index (κ2) is 5.13. The average Bonchev–Trinajstić information content (AvgIpc) is 3.04. The minimum Gasteiger partial charge on any atom is -0.382 e. The van der Waals surface area contributed by atoms with Gasteiger partial charge in [-0.1, -0.05) is 11.3 Å². The molecule has 0 aromatic carbocycles. The van der Waals surface area contributed by atoms with Gasteiger partial charge in [0.1, 0.15) is 10.7 Å². The van der Waals surface area contributed by atoms with Gasteiger partial charge in [-0.3, -0.25) is 4.79 Å². The number of carbonyl (C=O) groups excluding carboxylic acids is 1. The van der Waals surface area contributed by atoms with Gasteiger partial charge >= 0.3 is 0 Å². The van der Waals surface area contributed by atoms with Crippen molar-refractivity contribution in [3.05, 3.63) is 4.88 Å². The predicted molar refractivity (Wildman–Crippen MR) is 82.3 cm³/mol. The third kappa shape index (κ3) is 3.13. The smallest absolute Gasteiger partial charge is 0.267 e. The summed E-state index contributed by atoms with van der Waals surface area (Å²) in [6.45, 7) is 0. The summed E-state index contributed by atoms with van der Waals surface area (Å²) in [4.78, 5) is 18.5. The number of amides is 1. The summed E-state index contributed by atoms with van der Waals surface area (Å²) < 4.78 is 23.0. The van der Waals surface area contributed by atoms with Crippen molar-refractivity contribution in [1.82, 2.24) is 9.88 Å². The predicted octanol–water partition coefficient (Wildman–Crippen LogP) is 0.559. The summed E-state index contributed by atoms with van der Waals surface area (Å²) in [7, 11) is -1.39. The van der Waals surface area contributed by atoms with Crippen LogP contribution in [0.25, 0.3) is 0 Å². The highest BCUT2D eigenvalue weighted by atomic mass is 32.2. The molecule has 1 aromatic rings. The standard InChI is InChI=1S/C12H18N4O3S2/c1-16(8-4-5-21(18,19)6-8)11(17)9-10(13)15-12(20-9)14-7-2-3-7/h7-8H,2-6,13H2,1H3,(H,14,15). The first-order valence-electron chi connectivity index (χ1n) is 6.86. The van der Waals surface area contributed by atoms with Crippen molar-refractivity contribution in [1.29, 1.82) is 0 Å². The van der Waals surface area contributed by atoms with Gasteiger partial charge in [-0.15, -0.1) is 0 Å². The Morgan fingerprint density at radius 1 is 1.43 bits per heavy atom. The van der Waals surface area contributed by atoms with Crippen molar-refractivity contribution in [3.63, 3.8) is 0 Å². The minimum atomic E-state index is -3.02. The van der Waals surface area contributed by atoms with E-state index in [9.17, 15) is 13.2 Å². The van der Waals surface area contributed by atoms with E-state index in [4.69, 9.17) is 5.73 Å². The lowest BCUT2D eigenvalue weighted by Crippen LogP contribution is -2.37. The quantitative estimate of drug-likeness (QED) is 0.835. The van der Waals surface area contributed by atoms with Crippen LogP contribution in [0.1, 0.15) is 28.9 Å². The summed E-state index contributed by atoms with van der Waals surface area (Å²) in [6, 6.07) is 0.167. The van der Waals surface area contributed by atoms with E-state index in [0.717, 1.165) is 12.8 Å². The molecule has 2 heterocycles. The molecule has 1 saturated carbocycles. The number of rotatable bonds is 4. The second-order valence-corrected chi connectivity index (χ2v) is 8.85. The molecule has 7 nitrogen and oxygen atoms in total. The normalized spacial score (nSPS) is 24.0. The molecular weight excluding hydrogens is 312 g/mol. The van der Waals surface area contributed by atoms with Gasteiger partial charge in [-0.25, -0.2) is 13.4 Å². The first kappa shape index (κ1) is 14.6. The fraction of sp³-hybridized carbons (Fsp3) is 0.667. The van der Waals surface area contributed by atoms with Crippen molar-refractivity contribution in [3.8, 4) is 0 Å². The van der Waals surface area contributed by atoms with E-state index < -0.39 is 9.84 Å². The Hall–Kier alpha value is -1.35. The zero-order chi connectivity index (χ0) is 15.2. The van der Waals surface area contributed by atoms with Gasteiger partial charge in [-0.05, 0) is 19.3 Å². The second-order valence-electron chi connectivity index (χ2n) is 5.62. The van der Waals surface area contributed by atoms with E-state index in [1.807, 2.05) is 0 Å². The van der Waals surface area contributed by atoms with Crippen LogP contribution in [-0.2, 0) is 9.84 Å². The third-order valence-electron chi connectivity index (χ3n) is 3.83. The zero-order valence-corrected chi connectivity index (χ0v) is 13.3. The lowest BCUT2D eigenvalue weighted by molar-refractivity contribution is 0.0753. The molecular formula is C12H18N4O3S2. The summed E-state index contributed by atoms with van der Waals surface area (Å²) in [5.41, 5.74) is 5.82. The van der Waals surface area contributed by atoms with Crippen LogP contribution < -0.4 is 11.1 Å². The van der Waals surface area contributed by atoms with Gasteiger partial charge in [0, 0.05) is 19.1 Å². The number of anilines is 2. The number of nitrogens with two attached hydrogens (primary N) is 1. The number of sulfone groups is 1. The molecule has 3 rings (SSSR count). The fourth-order valence-electron chi connectivity index (χ4n) is 2.36. The molecule has 0 bridgehead atoms. The first-order chi connectivity index (χ1) is 9.85. The number of thiazole rings is 1. The van der Waals surface area contributed by atoms with E-state index in [1.54, 1.807) is 7.05 Å². The Bertz CT molecular complexity index is 666. The van der Waals surface area contributed by atoms with E-state index in [0.29, 0.717) is 22.5 Å². The van der Waals surface area contributed by atoms with E-state index in [2.05, 4.69) is 10.3 Å². The molecule has 1 unspecified atom stereocenters. The molecule has 1 amide bonds. The molecule has 3 N–H and O–H groups in total. The van der Waals surface area contributed by atoms with E-state index >= 15 is 0 Å². The molecule has 2 aliphatic rings. The van der Waals surface area contributed by atoms with Crippen molar-refractivity contribution in [2.75, 3.05) is 29.6 Å². The number of nitrogens with one attached hydrogen (secondary N) is 1. The summed E-state index contributed by atoms with van der Waals surface area (Å²) in [5.74, 6) is 0.125. The van der Waals surface area contributed by atoms with E-state index in [1.165, 1.54) is 16.2 Å². The Kier molecular flexibility index (Phi) is 3.56. The van der Waals surface area contributed by atoms with E-state index in [-0.39, 0.29) is 29.3 Å². The number of nitrogen functional groups attached to an aromatic ring is 1. The highest BCUT2D eigenvalue weighted by molar-refractivity contribution is 7.91. The van der Waals surface area contributed by atoms with Crippen LogP contribution in [0, 0.1) is 0 Å². The third-order valence-corrected chi connectivity index (χ3v) is 6.57. The number of nitrogens with zero attached hydrogens (tertiary/aromatic N) is 2. The van der Waals surface area contributed by atoms with Crippen LogP contribution in [0.2, 0.25) is 0 Å². The Labute approximate surface area is 127 Å². The van der Waals surface area contributed by atoms with Gasteiger partial charge in [0.25, 0.3) is 5.91 Å². The fourth-order valence-corrected chi connectivity index (χ4v) is 5.07. The largest absolute Gasteiger partial charge is 0.382 e. The minimum absolute atomic E-state index is 0.0289. The highest BCUT2D eigenvalue weighted by Gasteiger charge is 2.34. The molecule has 1 saturated heterocycles. The first-order valence-corrected chi connectivity index (χ1v) is 9.50. The highest BCUT2D eigenvalue weighted by Crippen LogP contribution is 2.31. The van der Waals surface area contributed by atoms with Crippen LogP contribution in [0.15, 0.2) is 0 Å². The monoisotopic (exact) mass is 330 g/mol. The number of hydrogen-bond donors (Lipinski definition) is 2. The van der Waals surface area contributed by atoms with Gasteiger partial charge < -0.3 is 16.0 Å². The maximum Gasteiger partial charge on any atom is 0.267 e.